The van der Waals surface area contributed by atoms with Crippen molar-refractivity contribution in [1.82, 2.24) is 10.3 Å². The molecule has 3 amide bonds. The Balaban J connectivity index is 1.49. The molecule has 0 radical (unpaired) electrons. The number of nitrogens with one attached hydrogen (secondary N) is 1. The molecule has 128 valence electrons. The van der Waals surface area contributed by atoms with Crippen LogP contribution in [0.4, 0.5) is 4.79 Å². The van der Waals surface area contributed by atoms with E-state index in [0.717, 1.165) is 21.7 Å². The number of carbonyl (C=O) groups excluding carboxylic acids is 2. The van der Waals surface area contributed by atoms with Crippen molar-refractivity contribution in [2.45, 2.75) is 0 Å². The number of hydrogen-bond donors (Lipinski definition) is 1. The number of imide groups is 1. The number of benzene rings is 2. The third-order valence-electron chi connectivity index (χ3n) is 4.00. The Labute approximate surface area is 149 Å². The van der Waals surface area contributed by atoms with E-state index >= 15 is 0 Å². The maximum atomic E-state index is 11.4. The Morgan fingerprint density at radius 3 is 2.27 bits per heavy atom. The van der Waals surface area contributed by atoms with E-state index in [9.17, 15) is 9.59 Å². The lowest BCUT2D eigenvalue weighted by Crippen LogP contribution is -2.24. The van der Waals surface area contributed by atoms with Crippen molar-refractivity contribution < 1.29 is 14.0 Å². The second-order valence-electron chi connectivity index (χ2n) is 5.80. The predicted octanol–water partition coefficient (Wildman–Crippen LogP) is 3.50. The Morgan fingerprint density at radius 1 is 0.885 bits per heavy atom. The summed E-state index contributed by atoms with van der Waals surface area (Å²) < 4.78 is 5.74. The van der Waals surface area contributed by atoms with Gasteiger partial charge in [-0.05, 0) is 23.3 Å². The lowest BCUT2D eigenvalue weighted by Gasteiger charge is -2.03. The van der Waals surface area contributed by atoms with Gasteiger partial charge in [-0.15, -0.1) is 0 Å². The fourth-order valence-electron chi connectivity index (χ4n) is 2.69. The summed E-state index contributed by atoms with van der Waals surface area (Å²) in [6, 6.07) is 21.3. The van der Waals surface area contributed by atoms with E-state index < -0.39 is 6.03 Å². The zero-order chi connectivity index (χ0) is 17.9. The van der Waals surface area contributed by atoms with Crippen LogP contribution in [0.2, 0.25) is 0 Å². The fraction of sp³-hybridized carbons (Fsp3) is 0.0500. The molecular weight excluding hydrogens is 330 g/mol. The highest BCUT2D eigenvalue weighted by Gasteiger charge is 2.26. The Morgan fingerprint density at radius 2 is 1.58 bits per heavy atom. The molecule has 0 unspecified atom stereocenters. The molecule has 0 saturated carbocycles. The number of hydrazone groups is 1. The largest absolute Gasteiger partial charge is 0.455 e. The van der Waals surface area contributed by atoms with Gasteiger partial charge in [0.15, 0.2) is 0 Å². The van der Waals surface area contributed by atoms with Crippen LogP contribution in [0.3, 0.4) is 0 Å². The van der Waals surface area contributed by atoms with E-state index in [4.69, 9.17) is 4.42 Å². The molecule has 6 nitrogen and oxygen atoms in total. The molecule has 2 heterocycles. The van der Waals surface area contributed by atoms with Gasteiger partial charge in [0.2, 0.25) is 5.91 Å². The molecule has 1 aliphatic heterocycles. The van der Waals surface area contributed by atoms with Crippen molar-refractivity contribution in [2.75, 3.05) is 6.54 Å². The summed E-state index contributed by atoms with van der Waals surface area (Å²) in [7, 11) is 0. The van der Waals surface area contributed by atoms with Gasteiger partial charge in [-0.25, -0.2) is 9.80 Å². The van der Waals surface area contributed by atoms with Crippen LogP contribution in [0.1, 0.15) is 5.76 Å². The quantitative estimate of drug-likeness (QED) is 0.581. The van der Waals surface area contributed by atoms with Crippen LogP contribution in [0.25, 0.3) is 22.5 Å². The highest BCUT2D eigenvalue weighted by atomic mass is 16.3. The molecule has 0 atom stereocenters. The summed E-state index contributed by atoms with van der Waals surface area (Å²) in [5.41, 5.74) is 3.23. The van der Waals surface area contributed by atoms with Crippen LogP contribution >= 0.6 is 0 Å². The van der Waals surface area contributed by atoms with E-state index in [2.05, 4.69) is 22.6 Å². The van der Waals surface area contributed by atoms with E-state index in [0.29, 0.717) is 11.5 Å². The molecule has 6 heteroatoms. The predicted molar refractivity (Wildman–Crippen MR) is 97.4 cm³/mol. The standard InChI is InChI=1S/C20H15N3O3/c24-19-13-23(20(25)22-19)21-12-17-10-11-18(26-17)16-8-6-15(7-9-16)14-4-2-1-3-5-14/h1-12H,13H2,(H,22,24,25). The molecule has 0 aliphatic carbocycles. The molecule has 1 fully saturated rings. The molecule has 2 aromatic carbocycles. The smallest absolute Gasteiger partial charge is 0.344 e. The first-order chi connectivity index (χ1) is 12.7. The van der Waals surface area contributed by atoms with E-state index in [1.165, 1.54) is 6.21 Å². The number of furan rings is 1. The van der Waals surface area contributed by atoms with Crippen molar-refractivity contribution in [3.05, 3.63) is 72.5 Å². The molecule has 0 spiro atoms. The third kappa shape index (κ3) is 3.25. The summed E-state index contributed by atoms with van der Waals surface area (Å²) in [5, 5.41) is 7.18. The van der Waals surface area contributed by atoms with E-state index in [-0.39, 0.29) is 12.5 Å². The van der Waals surface area contributed by atoms with Gasteiger partial charge in [0.25, 0.3) is 0 Å². The monoisotopic (exact) mass is 345 g/mol. The van der Waals surface area contributed by atoms with Gasteiger partial charge < -0.3 is 4.42 Å². The molecule has 1 saturated heterocycles. The summed E-state index contributed by atoms with van der Waals surface area (Å²) in [4.78, 5) is 22.6. The van der Waals surface area contributed by atoms with Crippen molar-refractivity contribution in [3.63, 3.8) is 0 Å². The number of rotatable bonds is 4. The molecular formula is C20H15N3O3. The van der Waals surface area contributed by atoms with Gasteiger partial charge in [0.1, 0.15) is 18.1 Å². The fourth-order valence-corrected chi connectivity index (χ4v) is 2.69. The van der Waals surface area contributed by atoms with Crippen LogP contribution < -0.4 is 5.32 Å². The molecule has 1 aliphatic rings. The Hall–Kier alpha value is -3.67. The second kappa shape index (κ2) is 6.68. The number of carbonyl (C=O) groups is 2. The van der Waals surface area contributed by atoms with Crippen molar-refractivity contribution >= 4 is 18.2 Å². The topological polar surface area (TPSA) is 74.9 Å². The van der Waals surface area contributed by atoms with Gasteiger partial charge >= 0.3 is 6.03 Å². The number of urea groups is 1. The van der Waals surface area contributed by atoms with Crippen molar-refractivity contribution in [2.24, 2.45) is 5.10 Å². The lowest BCUT2D eigenvalue weighted by atomic mass is 10.0. The normalized spacial score (nSPS) is 14.2. The molecule has 26 heavy (non-hydrogen) atoms. The van der Waals surface area contributed by atoms with Gasteiger partial charge in [-0.2, -0.15) is 5.10 Å². The first-order valence-corrected chi connectivity index (χ1v) is 8.10. The van der Waals surface area contributed by atoms with Crippen molar-refractivity contribution in [3.8, 4) is 22.5 Å². The molecule has 1 aromatic heterocycles. The first-order valence-electron chi connectivity index (χ1n) is 8.10. The van der Waals surface area contributed by atoms with E-state index in [1.807, 2.05) is 48.5 Å². The van der Waals surface area contributed by atoms with Crippen LogP contribution in [0.5, 0.6) is 0 Å². The summed E-state index contributed by atoms with van der Waals surface area (Å²) in [5.74, 6) is 0.832. The number of amides is 3. The minimum atomic E-state index is -0.533. The third-order valence-corrected chi connectivity index (χ3v) is 4.00. The van der Waals surface area contributed by atoms with Gasteiger partial charge in [-0.1, -0.05) is 54.6 Å². The summed E-state index contributed by atoms with van der Waals surface area (Å²) in [6.45, 7) is -0.0795. The van der Waals surface area contributed by atoms with E-state index in [1.54, 1.807) is 6.07 Å². The summed E-state index contributed by atoms with van der Waals surface area (Å²) >= 11 is 0. The van der Waals surface area contributed by atoms with Crippen LogP contribution in [-0.2, 0) is 4.79 Å². The molecule has 3 aromatic rings. The van der Waals surface area contributed by atoms with Gasteiger partial charge in [-0.3, -0.25) is 10.1 Å². The minimum absolute atomic E-state index is 0.0795. The zero-order valence-corrected chi connectivity index (χ0v) is 13.8. The van der Waals surface area contributed by atoms with Gasteiger partial charge in [0, 0.05) is 5.56 Å². The molecule has 1 N–H and O–H groups in total. The van der Waals surface area contributed by atoms with Crippen LogP contribution in [0.15, 0.2) is 76.2 Å². The second-order valence-corrected chi connectivity index (χ2v) is 5.80. The van der Waals surface area contributed by atoms with Crippen LogP contribution in [-0.4, -0.2) is 29.7 Å². The zero-order valence-electron chi connectivity index (χ0n) is 13.8. The first kappa shape index (κ1) is 15.8. The SMILES string of the molecule is O=C1CN(N=Cc2ccc(-c3ccc(-c4ccccc4)cc3)o2)C(=O)N1. The number of nitrogens with zero attached hydrogens (tertiary/aromatic N) is 2. The van der Waals surface area contributed by atoms with Crippen molar-refractivity contribution in [1.29, 1.82) is 0 Å². The maximum Gasteiger partial charge on any atom is 0.344 e. The maximum absolute atomic E-state index is 11.4. The molecule has 0 bridgehead atoms. The van der Waals surface area contributed by atoms with Crippen LogP contribution in [0, 0.1) is 0 Å². The van der Waals surface area contributed by atoms with Gasteiger partial charge in [0.05, 0.1) is 6.21 Å². The average molecular weight is 345 g/mol. The highest BCUT2D eigenvalue weighted by Crippen LogP contribution is 2.26. The Kier molecular flexibility index (Phi) is 4.07. The molecule has 4 rings (SSSR count). The average Bonchev–Trinajstić information content (AvgIpc) is 3.27. The summed E-state index contributed by atoms with van der Waals surface area (Å²) in [6.07, 6.45) is 1.42. The minimum Gasteiger partial charge on any atom is -0.455 e. The Bertz CT molecular complexity index is 975. The highest BCUT2D eigenvalue weighted by molar-refractivity contribution is 6.02. The lowest BCUT2D eigenvalue weighted by molar-refractivity contribution is -0.118. The number of hydrogen-bond acceptors (Lipinski definition) is 4.